The summed E-state index contributed by atoms with van der Waals surface area (Å²) in [4.78, 5) is 25.4. The number of hydrogen-bond acceptors (Lipinski definition) is 5. The number of nitrogens with zero attached hydrogens (tertiary/aromatic N) is 2. The molecule has 2 N–H and O–H groups in total. The molecule has 0 amide bonds. The summed E-state index contributed by atoms with van der Waals surface area (Å²) in [5, 5.41) is 23.3. The lowest BCUT2D eigenvalue weighted by atomic mass is 10.2. The van der Waals surface area contributed by atoms with Crippen molar-refractivity contribution >= 4 is 34.8 Å². The third-order valence-corrected chi connectivity index (χ3v) is 2.94. The Hall–Kier alpha value is -2.67. The predicted molar refractivity (Wildman–Crippen MR) is 77.3 cm³/mol. The van der Waals surface area contributed by atoms with Gasteiger partial charge in [-0.05, 0) is 25.1 Å². The third-order valence-electron chi connectivity index (χ3n) is 2.71. The molecule has 1 aromatic carbocycles. The van der Waals surface area contributed by atoms with Gasteiger partial charge >= 0.3 is 11.7 Å². The average molecular weight is 308 g/mol. The lowest BCUT2D eigenvalue weighted by Gasteiger charge is -2.09. The van der Waals surface area contributed by atoms with Gasteiger partial charge in [0.25, 0.3) is 0 Å². The number of aromatic carboxylic acids is 1. The molecule has 0 fully saturated rings. The highest BCUT2D eigenvalue weighted by Gasteiger charge is 2.21. The number of aromatic nitrogens is 1. The summed E-state index contributed by atoms with van der Waals surface area (Å²) in [6.45, 7) is 1.47. The molecule has 7 nitrogen and oxygen atoms in total. The Labute approximate surface area is 124 Å². The summed E-state index contributed by atoms with van der Waals surface area (Å²) in [7, 11) is 0. The van der Waals surface area contributed by atoms with Crippen molar-refractivity contribution in [3.8, 4) is 0 Å². The Morgan fingerprint density at radius 1 is 1.43 bits per heavy atom. The van der Waals surface area contributed by atoms with Crippen LogP contribution in [0.25, 0.3) is 0 Å². The second-order valence-corrected chi connectivity index (χ2v) is 4.62. The minimum Gasteiger partial charge on any atom is -0.478 e. The van der Waals surface area contributed by atoms with E-state index in [9.17, 15) is 14.9 Å². The summed E-state index contributed by atoms with van der Waals surface area (Å²) >= 11 is 5.84. The number of pyridine rings is 1. The lowest BCUT2D eigenvalue weighted by Crippen LogP contribution is -2.07. The molecule has 108 valence electrons. The number of nitro groups is 1. The monoisotopic (exact) mass is 307 g/mol. The molecule has 0 radical (unpaired) electrons. The number of carbonyl (C=O) groups is 1. The third kappa shape index (κ3) is 3.26. The minimum absolute atomic E-state index is 0.0373. The van der Waals surface area contributed by atoms with Gasteiger partial charge in [0, 0.05) is 16.8 Å². The first kappa shape index (κ1) is 14.7. The number of nitrogens with one attached hydrogen (secondary N) is 1. The quantitative estimate of drug-likeness (QED) is 0.662. The van der Waals surface area contributed by atoms with Crippen LogP contribution < -0.4 is 5.32 Å². The molecule has 2 aromatic rings. The number of anilines is 2. The summed E-state index contributed by atoms with van der Waals surface area (Å²) < 4.78 is 0. The summed E-state index contributed by atoms with van der Waals surface area (Å²) in [6.07, 6.45) is 0. The summed E-state index contributed by atoms with van der Waals surface area (Å²) in [6, 6.07) is 7.56. The second-order valence-electron chi connectivity index (χ2n) is 4.19. The van der Waals surface area contributed by atoms with Crippen LogP contribution in [0.15, 0.2) is 30.3 Å². The van der Waals surface area contributed by atoms with Crippen LogP contribution in [0.2, 0.25) is 5.02 Å². The molecule has 0 aliphatic rings. The molecular formula is C13H10ClN3O4. The van der Waals surface area contributed by atoms with Crippen LogP contribution in [-0.4, -0.2) is 21.0 Å². The number of carboxylic acids is 1. The van der Waals surface area contributed by atoms with Gasteiger partial charge in [-0.2, -0.15) is 0 Å². The summed E-state index contributed by atoms with van der Waals surface area (Å²) in [5.41, 5.74) is 0.0644. The molecule has 8 heteroatoms. The Morgan fingerprint density at radius 3 is 2.71 bits per heavy atom. The van der Waals surface area contributed by atoms with Crippen molar-refractivity contribution in [1.29, 1.82) is 0 Å². The highest BCUT2D eigenvalue weighted by atomic mass is 35.5. The van der Waals surface area contributed by atoms with Gasteiger partial charge in [-0.15, -0.1) is 0 Å². The highest BCUT2D eigenvalue weighted by molar-refractivity contribution is 6.30. The van der Waals surface area contributed by atoms with E-state index in [4.69, 9.17) is 16.7 Å². The molecule has 0 bridgehead atoms. The van der Waals surface area contributed by atoms with Gasteiger partial charge in [0.2, 0.25) is 5.82 Å². The standard InChI is InChI=1S/C13H10ClN3O4/c1-7-10(13(18)19)6-11(17(20)21)12(15-7)16-9-4-2-3-8(14)5-9/h2-6H,1H3,(H,15,16)(H,18,19). The van der Waals surface area contributed by atoms with Crippen LogP contribution in [0.3, 0.4) is 0 Å². The normalized spacial score (nSPS) is 10.2. The largest absolute Gasteiger partial charge is 0.478 e. The van der Waals surface area contributed by atoms with Crippen molar-refractivity contribution in [3.63, 3.8) is 0 Å². The van der Waals surface area contributed by atoms with Gasteiger partial charge in [0.1, 0.15) is 0 Å². The van der Waals surface area contributed by atoms with Gasteiger partial charge in [-0.1, -0.05) is 17.7 Å². The first-order chi connectivity index (χ1) is 9.88. The van der Waals surface area contributed by atoms with E-state index in [1.807, 2.05) is 0 Å². The van der Waals surface area contributed by atoms with Gasteiger partial charge in [0.15, 0.2) is 0 Å². The van der Waals surface area contributed by atoms with E-state index in [1.165, 1.54) is 6.92 Å². The molecule has 0 aliphatic carbocycles. The van der Waals surface area contributed by atoms with Crippen molar-refractivity contribution in [2.45, 2.75) is 6.92 Å². The molecule has 1 heterocycles. The van der Waals surface area contributed by atoms with Gasteiger partial charge < -0.3 is 10.4 Å². The Balaban J connectivity index is 2.50. The maximum atomic E-state index is 11.1. The maximum Gasteiger partial charge on any atom is 0.337 e. The van der Waals surface area contributed by atoms with Crippen molar-refractivity contribution in [2.24, 2.45) is 0 Å². The van der Waals surface area contributed by atoms with Crippen LogP contribution in [0, 0.1) is 17.0 Å². The fraction of sp³-hybridized carbons (Fsp3) is 0.0769. The average Bonchev–Trinajstić information content (AvgIpc) is 2.37. The fourth-order valence-electron chi connectivity index (χ4n) is 1.75. The molecule has 21 heavy (non-hydrogen) atoms. The molecular weight excluding hydrogens is 298 g/mol. The van der Waals surface area contributed by atoms with Crippen molar-refractivity contribution in [3.05, 3.63) is 56.7 Å². The zero-order chi connectivity index (χ0) is 15.6. The summed E-state index contributed by atoms with van der Waals surface area (Å²) in [5.74, 6) is -1.30. The topological polar surface area (TPSA) is 105 Å². The van der Waals surface area contributed by atoms with E-state index in [1.54, 1.807) is 24.3 Å². The number of aryl methyl sites for hydroxylation is 1. The Bertz CT molecular complexity index is 733. The smallest absolute Gasteiger partial charge is 0.337 e. The van der Waals surface area contributed by atoms with E-state index in [0.717, 1.165) is 6.07 Å². The van der Waals surface area contributed by atoms with E-state index in [0.29, 0.717) is 10.7 Å². The molecule has 0 unspecified atom stereocenters. The first-order valence-corrected chi connectivity index (χ1v) is 6.18. The van der Waals surface area contributed by atoms with Crippen LogP contribution in [0.5, 0.6) is 0 Å². The lowest BCUT2D eigenvalue weighted by molar-refractivity contribution is -0.384. The molecule has 0 saturated carbocycles. The first-order valence-electron chi connectivity index (χ1n) is 5.80. The molecule has 2 rings (SSSR count). The zero-order valence-electron chi connectivity index (χ0n) is 10.8. The van der Waals surface area contributed by atoms with E-state index in [-0.39, 0.29) is 17.1 Å². The van der Waals surface area contributed by atoms with E-state index in [2.05, 4.69) is 10.3 Å². The Kier molecular flexibility index (Phi) is 4.04. The number of carboxylic acid groups (broad SMARTS) is 1. The Morgan fingerprint density at radius 2 is 2.14 bits per heavy atom. The molecule has 0 spiro atoms. The highest BCUT2D eigenvalue weighted by Crippen LogP contribution is 2.28. The molecule has 0 atom stereocenters. The number of rotatable bonds is 4. The van der Waals surface area contributed by atoms with Crippen LogP contribution in [0.1, 0.15) is 16.1 Å². The van der Waals surface area contributed by atoms with Crippen LogP contribution >= 0.6 is 11.6 Å². The van der Waals surface area contributed by atoms with E-state index >= 15 is 0 Å². The number of benzene rings is 1. The van der Waals surface area contributed by atoms with Gasteiger partial charge in [-0.3, -0.25) is 10.1 Å². The van der Waals surface area contributed by atoms with Crippen molar-refractivity contribution in [1.82, 2.24) is 4.98 Å². The predicted octanol–water partition coefficient (Wildman–Crippen LogP) is 3.39. The fourth-order valence-corrected chi connectivity index (χ4v) is 1.94. The van der Waals surface area contributed by atoms with E-state index < -0.39 is 16.6 Å². The number of halogens is 1. The second kappa shape index (κ2) is 5.76. The number of hydrogen-bond donors (Lipinski definition) is 2. The van der Waals surface area contributed by atoms with Crippen molar-refractivity contribution in [2.75, 3.05) is 5.32 Å². The van der Waals surface area contributed by atoms with Crippen LogP contribution in [0.4, 0.5) is 17.2 Å². The molecule has 1 aromatic heterocycles. The minimum atomic E-state index is -1.27. The molecule has 0 aliphatic heterocycles. The zero-order valence-corrected chi connectivity index (χ0v) is 11.6. The SMILES string of the molecule is Cc1nc(Nc2cccc(Cl)c2)c([N+](=O)[O-])cc1C(=O)O. The maximum absolute atomic E-state index is 11.1. The molecule has 0 saturated heterocycles. The van der Waals surface area contributed by atoms with Gasteiger partial charge in [0.05, 0.1) is 16.2 Å². The van der Waals surface area contributed by atoms with Gasteiger partial charge in [-0.25, -0.2) is 9.78 Å². The van der Waals surface area contributed by atoms with Crippen molar-refractivity contribution < 1.29 is 14.8 Å². The van der Waals surface area contributed by atoms with Crippen LogP contribution in [-0.2, 0) is 0 Å².